The summed E-state index contributed by atoms with van der Waals surface area (Å²) >= 11 is 0. The number of epoxide rings is 1. The van der Waals surface area contributed by atoms with Gasteiger partial charge in [0.1, 0.15) is 0 Å². The van der Waals surface area contributed by atoms with Gasteiger partial charge in [0.15, 0.2) is 0 Å². The molecule has 0 aromatic heterocycles. The molecule has 0 aromatic carbocycles. The molecule has 1 heterocycles. The van der Waals surface area contributed by atoms with Crippen LogP contribution in [0.15, 0.2) is 0 Å². The fraction of sp³-hybridized carbons (Fsp3) is 1.00. The summed E-state index contributed by atoms with van der Waals surface area (Å²) in [6.07, 6.45) is 6.19. The minimum absolute atomic E-state index is 0. The first kappa shape index (κ1) is 16.6. The second-order valence-corrected chi connectivity index (χ2v) is 4.62. The third kappa shape index (κ3) is 4.16. The predicted molar refractivity (Wildman–Crippen MR) is 64.5 cm³/mol. The van der Waals surface area contributed by atoms with Crippen LogP contribution in [0, 0.1) is 5.41 Å². The Labute approximate surface area is 94.8 Å². The normalized spacial score (nSPS) is 24.9. The first-order valence-corrected chi connectivity index (χ1v) is 5.27. The van der Waals surface area contributed by atoms with E-state index in [-0.39, 0.29) is 18.6 Å². The summed E-state index contributed by atoms with van der Waals surface area (Å²) < 4.78 is 5.67. The quantitative estimate of drug-likeness (QED) is 0.718. The molecule has 0 saturated carbocycles. The van der Waals surface area contributed by atoms with E-state index >= 15 is 0 Å². The van der Waals surface area contributed by atoms with Crippen LogP contribution in [0.3, 0.4) is 0 Å². The predicted octanol–water partition coefficient (Wildman–Crippen LogP) is 3.96. The molecule has 1 aliphatic rings. The Kier molecular flexibility index (Phi) is 7.90. The van der Waals surface area contributed by atoms with Gasteiger partial charge < -0.3 is 10.9 Å². The van der Waals surface area contributed by atoms with Gasteiger partial charge in [-0.2, -0.15) is 0 Å². The van der Waals surface area contributed by atoms with Crippen LogP contribution in [0.4, 0.5) is 0 Å². The van der Waals surface area contributed by atoms with Gasteiger partial charge in [-0.05, 0) is 18.3 Å². The summed E-state index contributed by atoms with van der Waals surface area (Å²) in [5.74, 6) is 0. The van der Waals surface area contributed by atoms with E-state index in [1.54, 1.807) is 0 Å². The van der Waals surface area contributed by atoms with Crippen molar-refractivity contribution in [3.63, 3.8) is 0 Å². The molecule has 3 heteroatoms. The number of halogens is 1. The molecule has 1 saturated heterocycles. The minimum atomic E-state index is 0. The number of rotatable bonds is 5. The molecule has 0 radical (unpaired) electrons. The maximum atomic E-state index is 5.67. The van der Waals surface area contributed by atoms with Crippen LogP contribution in [-0.4, -0.2) is 12.2 Å². The van der Waals surface area contributed by atoms with E-state index in [4.69, 9.17) is 4.74 Å². The molecular formula is C11H26ClNO. The van der Waals surface area contributed by atoms with Gasteiger partial charge in [-0.1, -0.05) is 40.5 Å². The van der Waals surface area contributed by atoms with Crippen molar-refractivity contribution in [1.82, 2.24) is 6.15 Å². The first-order valence-electron chi connectivity index (χ1n) is 5.27. The van der Waals surface area contributed by atoms with Crippen molar-refractivity contribution in [1.29, 1.82) is 0 Å². The van der Waals surface area contributed by atoms with Crippen LogP contribution in [0.1, 0.15) is 53.4 Å². The van der Waals surface area contributed by atoms with Crippen LogP contribution in [0.5, 0.6) is 0 Å². The van der Waals surface area contributed by atoms with Crippen molar-refractivity contribution < 1.29 is 4.74 Å². The monoisotopic (exact) mass is 223 g/mol. The molecule has 1 rings (SSSR count). The third-order valence-corrected chi connectivity index (χ3v) is 2.82. The van der Waals surface area contributed by atoms with Crippen molar-refractivity contribution >= 4 is 12.4 Å². The summed E-state index contributed by atoms with van der Waals surface area (Å²) in [7, 11) is 0. The lowest BCUT2D eigenvalue weighted by Crippen LogP contribution is -2.20. The number of hydrogen-bond donors (Lipinski definition) is 1. The van der Waals surface area contributed by atoms with E-state index in [9.17, 15) is 0 Å². The Morgan fingerprint density at radius 2 is 1.71 bits per heavy atom. The molecular weight excluding hydrogens is 198 g/mol. The third-order valence-electron chi connectivity index (χ3n) is 2.82. The highest BCUT2D eigenvalue weighted by molar-refractivity contribution is 5.85. The average molecular weight is 224 g/mol. The van der Waals surface area contributed by atoms with Crippen molar-refractivity contribution in [2.45, 2.75) is 65.6 Å². The summed E-state index contributed by atoms with van der Waals surface area (Å²) in [6, 6.07) is 0. The fourth-order valence-electron chi connectivity index (χ4n) is 2.12. The second kappa shape index (κ2) is 6.65. The molecule has 88 valence electrons. The fourth-order valence-corrected chi connectivity index (χ4v) is 2.12. The zero-order valence-corrected chi connectivity index (χ0v) is 10.8. The lowest BCUT2D eigenvalue weighted by Gasteiger charge is -2.21. The molecule has 14 heavy (non-hydrogen) atoms. The van der Waals surface area contributed by atoms with Crippen LogP contribution in [0.2, 0.25) is 0 Å². The Balaban J connectivity index is 0. The Bertz CT molecular complexity index is 150. The summed E-state index contributed by atoms with van der Waals surface area (Å²) in [6.45, 7) is 9.14. The summed E-state index contributed by atoms with van der Waals surface area (Å²) in [5, 5.41) is 0. The van der Waals surface area contributed by atoms with Crippen LogP contribution in [0.25, 0.3) is 0 Å². The molecule has 0 aromatic rings. The largest absolute Gasteiger partial charge is 0.369 e. The van der Waals surface area contributed by atoms with E-state index in [0.717, 1.165) is 0 Å². The highest BCUT2D eigenvalue weighted by atomic mass is 35.5. The molecule has 0 amide bonds. The SMILES string of the molecule is CCCC1OC1C(C)(C)CCC.Cl.N. The van der Waals surface area contributed by atoms with E-state index < -0.39 is 0 Å². The molecule has 1 aliphatic heterocycles. The lowest BCUT2D eigenvalue weighted by atomic mass is 9.82. The zero-order valence-electron chi connectivity index (χ0n) is 10.0. The topological polar surface area (TPSA) is 47.5 Å². The van der Waals surface area contributed by atoms with Gasteiger partial charge in [0, 0.05) is 0 Å². The summed E-state index contributed by atoms with van der Waals surface area (Å²) in [4.78, 5) is 0. The van der Waals surface area contributed by atoms with Crippen molar-refractivity contribution in [3.05, 3.63) is 0 Å². The van der Waals surface area contributed by atoms with Crippen LogP contribution in [-0.2, 0) is 4.74 Å². The highest BCUT2D eigenvalue weighted by Gasteiger charge is 2.47. The molecule has 2 unspecified atom stereocenters. The smallest absolute Gasteiger partial charge is 0.0892 e. The maximum absolute atomic E-state index is 5.67. The van der Waals surface area contributed by atoms with Gasteiger partial charge in [-0.3, -0.25) is 0 Å². The molecule has 0 aliphatic carbocycles. The standard InChI is InChI=1S/C11H22O.ClH.H3N/c1-5-7-9-10(12-9)11(3,4)8-6-2;;/h9-10H,5-8H2,1-4H3;1H;1H3. The first-order chi connectivity index (χ1) is 5.61. The number of hydrogen-bond acceptors (Lipinski definition) is 2. The van der Waals surface area contributed by atoms with Gasteiger partial charge in [0.05, 0.1) is 12.2 Å². The Morgan fingerprint density at radius 3 is 2.14 bits per heavy atom. The molecule has 2 atom stereocenters. The molecule has 2 nitrogen and oxygen atoms in total. The second-order valence-electron chi connectivity index (χ2n) is 4.62. The average Bonchev–Trinajstić information content (AvgIpc) is 2.68. The minimum Gasteiger partial charge on any atom is -0.369 e. The zero-order chi connectivity index (χ0) is 9.19. The van der Waals surface area contributed by atoms with Crippen LogP contribution >= 0.6 is 12.4 Å². The van der Waals surface area contributed by atoms with Crippen molar-refractivity contribution in [2.75, 3.05) is 0 Å². The molecule has 1 fully saturated rings. The van der Waals surface area contributed by atoms with Crippen molar-refractivity contribution in [3.8, 4) is 0 Å². The van der Waals surface area contributed by atoms with Gasteiger partial charge in [0.2, 0.25) is 0 Å². The van der Waals surface area contributed by atoms with Crippen molar-refractivity contribution in [2.24, 2.45) is 5.41 Å². The molecule has 0 spiro atoms. The lowest BCUT2D eigenvalue weighted by molar-refractivity contribution is 0.223. The maximum Gasteiger partial charge on any atom is 0.0892 e. The molecule has 3 N–H and O–H groups in total. The van der Waals surface area contributed by atoms with E-state index in [2.05, 4.69) is 27.7 Å². The van der Waals surface area contributed by atoms with Gasteiger partial charge in [-0.25, -0.2) is 0 Å². The van der Waals surface area contributed by atoms with E-state index in [1.807, 2.05) is 0 Å². The van der Waals surface area contributed by atoms with Gasteiger partial charge in [-0.15, -0.1) is 12.4 Å². The van der Waals surface area contributed by atoms with Gasteiger partial charge >= 0.3 is 0 Å². The van der Waals surface area contributed by atoms with Gasteiger partial charge in [0.25, 0.3) is 0 Å². The Morgan fingerprint density at radius 1 is 1.14 bits per heavy atom. The number of ether oxygens (including phenoxy) is 1. The summed E-state index contributed by atoms with van der Waals surface area (Å²) in [5.41, 5.74) is 0.411. The van der Waals surface area contributed by atoms with E-state index in [0.29, 0.717) is 17.6 Å². The van der Waals surface area contributed by atoms with Crippen LogP contribution < -0.4 is 6.15 Å². The molecule has 0 bridgehead atoms. The highest BCUT2D eigenvalue weighted by Crippen LogP contribution is 2.43. The van der Waals surface area contributed by atoms with E-state index in [1.165, 1.54) is 25.7 Å². The Hall–Kier alpha value is 0.210.